The summed E-state index contributed by atoms with van der Waals surface area (Å²) in [5, 5.41) is 0. The predicted octanol–water partition coefficient (Wildman–Crippen LogP) is 3.49. The van der Waals surface area contributed by atoms with Crippen molar-refractivity contribution in [2.45, 2.75) is 11.4 Å². The normalized spacial score (nSPS) is 11.2. The van der Waals surface area contributed by atoms with Crippen molar-refractivity contribution in [1.82, 2.24) is 9.71 Å². The van der Waals surface area contributed by atoms with E-state index in [-0.39, 0.29) is 23.1 Å². The highest BCUT2D eigenvalue weighted by Gasteiger charge is 2.15. The van der Waals surface area contributed by atoms with E-state index in [1.54, 1.807) is 36.4 Å². The summed E-state index contributed by atoms with van der Waals surface area (Å²) in [4.78, 5) is 4.27. The summed E-state index contributed by atoms with van der Waals surface area (Å²) in [7, 11) is -3.65. The molecule has 25 heavy (non-hydrogen) atoms. The molecule has 128 valence electrons. The number of benzene rings is 2. The molecule has 2 aromatic carbocycles. The van der Waals surface area contributed by atoms with Crippen molar-refractivity contribution in [3.63, 3.8) is 0 Å². The van der Waals surface area contributed by atoms with Crippen molar-refractivity contribution >= 4 is 10.0 Å². The Morgan fingerprint density at radius 3 is 2.56 bits per heavy atom. The SMILES string of the molecule is O=S(=O)(NCc1cccnc1Oc1cccc(F)c1)c1ccccc1. The summed E-state index contributed by atoms with van der Waals surface area (Å²) >= 11 is 0. The quantitative estimate of drug-likeness (QED) is 0.732. The van der Waals surface area contributed by atoms with Crippen molar-refractivity contribution in [3.05, 3.63) is 84.3 Å². The molecule has 0 radical (unpaired) electrons. The van der Waals surface area contributed by atoms with E-state index in [1.165, 1.54) is 36.5 Å². The molecule has 0 spiro atoms. The first-order valence-electron chi connectivity index (χ1n) is 7.47. The highest BCUT2D eigenvalue weighted by Crippen LogP contribution is 2.23. The molecule has 0 aliphatic carbocycles. The molecule has 3 aromatic rings. The van der Waals surface area contributed by atoms with Crippen LogP contribution in [0.2, 0.25) is 0 Å². The van der Waals surface area contributed by atoms with E-state index in [2.05, 4.69) is 9.71 Å². The molecule has 0 atom stereocenters. The first-order valence-corrected chi connectivity index (χ1v) is 8.95. The number of nitrogens with zero attached hydrogens (tertiary/aromatic N) is 1. The van der Waals surface area contributed by atoms with Gasteiger partial charge in [-0.3, -0.25) is 0 Å². The molecule has 0 aliphatic rings. The number of pyridine rings is 1. The number of ether oxygens (including phenoxy) is 1. The number of sulfonamides is 1. The summed E-state index contributed by atoms with van der Waals surface area (Å²) in [6.45, 7) is -0.00425. The van der Waals surface area contributed by atoms with Crippen LogP contribution in [-0.2, 0) is 16.6 Å². The van der Waals surface area contributed by atoms with Gasteiger partial charge >= 0.3 is 0 Å². The topological polar surface area (TPSA) is 68.3 Å². The van der Waals surface area contributed by atoms with Crippen LogP contribution in [0.4, 0.5) is 4.39 Å². The lowest BCUT2D eigenvalue weighted by atomic mass is 10.3. The van der Waals surface area contributed by atoms with Gasteiger partial charge in [-0.25, -0.2) is 22.5 Å². The zero-order chi connectivity index (χ0) is 17.7. The maximum Gasteiger partial charge on any atom is 0.240 e. The number of nitrogens with one attached hydrogen (secondary N) is 1. The minimum absolute atomic E-state index is 0.00425. The summed E-state index contributed by atoms with van der Waals surface area (Å²) in [6.07, 6.45) is 1.52. The number of hydrogen-bond donors (Lipinski definition) is 1. The molecule has 1 aromatic heterocycles. The Morgan fingerprint density at radius 2 is 1.80 bits per heavy atom. The van der Waals surface area contributed by atoms with Crippen LogP contribution in [0.25, 0.3) is 0 Å². The number of hydrogen-bond acceptors (Lipinski definition) is 4. The molecule has 0 saturated carbocycles. The average molecular weight is 358 g/mol. The summed E-state index contributed by atoms with van der Waals surface area (Å²) < 4.78 is 45.9. The Labute approximate surface area is 145 Å². The van der Waals surface area contributed by atoms with Crippen LogP contribution in [0, 0.1) is 5.82 Å². The van der Waals surface area contributed by atoms with Crippen LogP contribution in [0.3, 0.4) is 0 Å². The predicted molar refractivity (Wildman–Crippen MR) is 91.2 cm³/mol. The third-order valence-corrected chi connectivity index (χ3v) is 4.78. The fraction of sp³-hybridized carbons (Fsp3) is 0.0556. The van der Waals surface area contributed by atoms with Gasteiger partial charge in [0.2, 0.25) is 15.9 Å². The highest BCUT2D eigenvalue weighted by molar-refractivity contribution is 7.89. The standard InChI is InChI=1S/C18H15FN2O3S/c19-15-7-4-8-16(12-15)24-18-14(6-5-11-20-18)13-21-25(22,23)17-9-2-1-3-10-17/h1-12,21H,13H2. The molecule has 0 saturated heterocycles. The Hall–Kier alpha value is -2.77. The van der Waals surface area contributed by atoms with Crippen molar-refractivity contribution in [2.24, 2.45) is 0 Å². The third-order valence-electron chi connectivity index (χ3n) is 3.37. The van der Waals surface area contributed by atoms with E-state index >= 15 is 0 Å². The van der Waals surface area contributed by atoms with Crippen molar-refractivity contribution < 1.29 is 17.5 Å². The van der Waals surface area contributed by atoms with E-state index in [9.17, 15) is 12.8 Å². The smallest absolute Gasteiger partial charge is 0.240 e. The van der Waals surface area contributed by atoms with Gasteiger partial charge in [-0.05, 0) is 30.3 Å². The Kier molecular flexibility index (Phi) is 5.06. The van der Waals surface area contributed by atoms with Gasteiger partial charge in [-0.15, -0.1) is 0 Å². The first-order chi connectivity index (χ1) is 12.0. The second-order valence-electron chi connectivity index (χ2n) is 5.16. The molecule has 5 nitrogen and oxygen atoms in total. The van der Waals surface area contributed by atoms with Gasteiger partial charge in [0.25, 0.3) is 0 Å². The fourth-order valence-corrected chi connectivity index (χ4v) is 3.18. The van der Waals surface area contributed by atoms with Crippen LogP contribution >= 0.6 is 0 Å². The largest absolute Gasteiger partial charge is 0.439 e. The Bertz CT molecular complexity index is 963. The Balaban J connectivity index is 1.77. The number of aromatic nitrogens is 1. The zero-order valence-corrected chi connectivity index (χ0v) is 13.9. The molecule has 0 unspecified atom stereocenters. The zero-order valence-electron chi connectivity index (χ0n) is 13.1. The second-order valence-corrected chi connectivity index (χ2v) is 6.93. The van der Waals surface area contributed by atoms with E-state index < -0.39 is 15.8 Å². The average Bonchev–Trinajstić information content (AvgIpc) is 2.62. The van der Waals surface area contributed by atoms with Gasteiger partial charge in [0.15, 0.2) is 0 Å². The summed E-state index contributed by atoms with van der Waals surface area (Å²) in [5.74, 6) is 0.0643. The fourth-order valence-electron chi connectivity index (χ4n) is 2.15. The van der Waals surface area contributed by atoms with Gasteiger partial charge < -0.3 is 4.74 Å². The summed E-state index contributed by atoms with van der Waals surface area (Å²) in [6, 6.07) is 17.1. The van der Waals surface area contributed by atoms with Crippen LogP contribution < -0.4 is 9.46 Å². The highest BCUT2D eigenvalue weighted by atomic mass is 32.2. The van der Waals surface area contributed by atoms with Gasteiger partial charge in [0.1, 0.15) is 11.6 Å². The van der Waals surface area contributed by atoms with Crippen molar-refractivity contribution in [3.8, 4) is 11.6 Å². The lowest BCUT2D eigenvalue weighted by Crippen LogP contribution is -2.23. The molecule has 0 aliphatic heterocycles. The van der Waals surface area contributed by atoms with Crippen LogP contribution in [0.15, 0.2) is 77.8 Å². The van der Waals surface area contributed by atoms with E-state index in [1.807, 2.05) is 0 Å². The van der Waals surface area contributed by atoms with E-state index in [0.717, 1.165) is 0 Å². The van der Waals surface area contributed by atoms with Crippen molar-refractivity contribution in [2.75, 3.05) is 0 Å². The number of halogens is 1. The van der Waals surface area contributed by atoms with Gasteiger partial charge in [0.05, 0.1) is 4.90 Å². The lowest BCUT2D eigenvalue weighted by molar-refractivity contribution is 0.451. The molecule has 0 amide bonds. The molecule has 3 rings (SSSR count). The maximum absolute atomic E-state index is 13.3. The van der Waals surface area contributed by atoms with Gasteiger partial charge in [-0.2, -0.15) is 0 Å². The maximum atomic E-state index is 13.3. The van der Waals surface area contributed by atoms with E-state index in [0.29, 0.717) is 5.56 Å². The first kappa shape index (κ1) is 17.1. The molecule has 7 heteroatoms. The molecule has 1 heterocycles. The molecular formula is C18H15FN2O3S. The minimum Gasteiger partial charge on any atom is -0.439 e. The molecule has 0 fully saturated rings. The van der Waals surface area contributed by atoms with E-state index in [4.69, 9.17) is 4.74 Å². The van der Waals surface area contributed by atoms with Crippen LogP contribution in [0.5, 0.6) is 11.6 Å². The third kappa shape index (κ3) is 4.40. The second kappa shape index (κ2) is 7.42. The molecular weight excluding hydrogens is 343 g/mol. The lowest BCUT2D eigenvalue weighted by Gasteiger charge is -2.11. The molecule has 0 bridgehead atoms. The summed E-state index contributed by atoms with van der Waals surface area (Å²) in [5.41, 5.74) is 0.534. The van der Waals surface area contributed by atoms with Crippen LogP contribution in [0.1, 0.15) is 5.56 Å². The molecule has 1 N–H and O–H groups in total. The van der Waals surface area contributed by atoms with Crippen LogP contribution in [-0.4, -0.2) is 13.4 Å². The monoisotopic (exact) mass is 358 g/mol. The number of rotatable bonds is 6. The minimum atomic E-state index is -3.65. The van der Waals surface area contributed by atoms with Gasteiger partial charge in [0, 0.05) is 24.4 Å². The van der Waals surface area contributed by atoms with Crippen molar-refractivity contribution in [1.29, 1.82) is 0 Å². The van der Waals surface area contributed by atoms with Gasteiger partial charge in [-0.1, -0.05) is 30.3 Å². The Morgan fingerprint density at radius 1 is 1.00 bits per heavy atom.